The van der Waals surface area contributed by atoms with Crippen LogP contribution in [0.5, 0.6) is 0 Å². The minimum Gasteiger partial charge on any atom is -0.355 e. The van der Waals surface area contributed by atoms with Crippen LogP contribution >= 0.6 is 23.7 Å². The minimum atomic E-state index is 0. The topological polar surface area (TPSA) is 41.3 Å². The van der Waals surface area contributed by atoms with E-state index in [0.717, 1.165) is 34.7 Å². The monoisotopic (exact) mass is 311 g/mol. The van der Waals surface area contributed by atoms with Crippen molar-refractivity contribution in [2.24, 2.45) is 11.8 Å². The smallest absolute Gasteiger partial charge is 0.177 e. The van der Waals surface area contributed by atoms with Gasteiger partial charge in [0.1, 0.15) is 0 Å². The number of nitrogens with zero attached hydrogens (tertiary/aromatic N) is 2. The van der Waals surface area contributed by atoms with Crippen LogP contribution in [0.25, 0.3) is 10.6 Å². The molecular formula is C14H18ClN3OS. The Morgan fingerprint density at radius 3 is 2.85 bits per heavy atom. The van der Waals surface area contributed by atoms with E-state index in [1.807, 2.05) is 6.07 Å². The van der Waals surface area contributed by atoms with E-state index in [-0.39, 0.29) is 12.4 Å². The van der Waals surface area contributed by atoms with Crippen molar-refractivity contribution in [1.29, 1.82) is 0 Å². The Balaban J connectivity index is 0.00000121. The summed E-state index contributed by atoms with van der Waals surface area (Å²) in [6.07, 6.45) is 0. The molecule has 2 fully saturated rings. The third-order valence-corrected chi connectivity index (χ3v) is 5.06. The Hall–Kier alpha value is -0.880. The third kappa shape index (κ3) is 2.63. The lowest BCUT2D eigenvalue weighted by atomic mass is 10.0. The molecule has 2 atom stereocenters. The van der Waals surface area contributed by atoms with Crippen molar-refractivity contribution < 1.29 is 4.52 Å². The van der Waals surface area contributed by atoms with Gasteiger partial charge < -0.3 is 9.84 Å². The Labute approximate surface area is 128 Å². The van der Waals surface area contributed by atoms with Gasteiger partial charge >= 0.3 is 0 Å². The summed E-state index contributed by atoms with van der Waals surface area (Å²) in [7, 11) is 0. The number of nitrogens with one attached hydrogen (secondary N) is 1. The Kier molecular flexibility index (Phi) is 4.12. The van der Waals surface area contributed by atoms with Crippen LogP contribution < -0.4 is 5.32 Å². The molecule has 0 aromatic carbocycles. The molecular weight excluding hydrogens is 294 g/mol. The molecule has 20 heavy (non-hydrogen) atoms. The van der Waals surface area contributed by atoms with E-state index >= 15 is 0 Å². The summed E-state index contributed by atoms with van der Waals surface area (Å²) in [4.78, 5) is 3.66. The van der Waals surface area contributed by atoms with Crippen molar-refractivity contribution >= 4 is 23.7 Å². The van der Waals surface area contributed by atoms with Gasteiger partial charge in [-0.3, -0.25) is 4.90 Å². The van der Waals surface area contributed by atoms with Gasteiger partial charge in [0.15, 0.2) is 5.76 Å². The molecule has 108 valence electrons. The molecule has 0 unspecified atom stereocenters. The molecule has 6 heteroatoms. The molecule has 2 aromatic rings. The van der Waals surface area contributed by atoms with Crippen molar-refractivity contribution in [3.8, 4) is 10.6 Å². The van der Waals surface area contributed by atoms with E-state index in [1.54, 1.807) is 11.3 Å². The molecule has 2 saturated heterocycles. The highest BCUT2D eigenvalue weighted by Crippen LogP contribution is 2.29. The molecule has 0 aliphatic carbocycles. The fourth-order valence-electron chi connectivity index (χ4n) is 3.23. The largest absolute Gasteiger partial charge is 0.355 e. The number of rotatable bonds is 3. The van der Waals surface area contributed by atoms with Crippen LogP contribution in [0.1, 0.15) is 5.69 Å². The molecule has 0 radical (unpaired) electrons. The predicted octanol–water partition coefficient (Wildman–Crippen LogP) is 2.48. The molecule has 0 spiro atoms. The second kappa shape index (κ2) is 5.85. The van der Waals surface area contributed by atoms with Crippen LogP contribution in [0.2, 0.25) is 0 Å². The molecule has 2 aromatic heterocycles. The van der Waals surface area contributed by atoms with Crippen LogP contribution in [-0.4, -0.2) is 36.2 Å². The number of aromatic nitrogens is 1. The van der Waals surface area contributed by atoms with Gasteiger partial charge in [-0.25, -0.2) is 0 Å². The Morgan fingerprint density at radius 1 is 1.35 bits per heavy atom. The van der Waals surface area contributed by atoms with Gasteiger partial charge in [0, 0.05) is 25.7 Å². The van der Waals surface area contributed by atoms with Crippen molar-refractivity contribution in [3.63, 3.8) is 0 Å². The Bertz CT molecular complexity index is 545. The zero-order valence-electron chi connectivity index (χ0n) is 11.1. The van der Waals surface area contributed by atoms with E-state index in [9.17, 15) is 0 Å². The van der Waals surface area contributed by atoms with Gasteiger partial charge in [-0.2, -0.15) is 0 Å². The van der Waals surface area contributed by atoms with Gasteiger partial charge in [-0.15, -0.1) is 23.7 Å². The quantitative estimate of drug-likeness (QED) is 0.945. The number of likely N-dealkylation sites (tertiary alicyclic amines) is 1. The third-order valence-electron chi connectivity index (χ3n) is 4.17. The first-order chi connectivity index (χ1) is 9.38. The SMILES string of the molecule is Cl.c1csc(-c2cc(CN3C[C@H]4CNC[C@H]4C3)no2)c1. The summed E-state index contributed by atoms with van der Waals surface area (Å²) < 4.78 is 5.43. The van der Waals surface area contributed by atoms with Crippen LogP contribution in [0.4, 0.5) is 0 Å². The van der Waals surface area contributed by atoms with Crippen molar-refractivity contribution in [2.45, 2.75) is 6.54 Å². The zero-order chi connectivity index (χ0) is 12.7. The molecule has 1 N–H and O–H groups in total. The van der Waals surface area contributed by atoms with E-state index in [2.05, 4.69) is 32.9 Å². The number of thiophene rings is 1. The first-order valence-corrected chi connectivity index (χ1v) is 7.69. The molecule has 4 nitrogen and oxygen atoms in total. The fraction of sp³-hybridized carbons (Fsp3) is 0.500. The van der Waals surface area contributed by atoms with Gasteiger partial charge in [0.05, 0.1) is 10.6 Å². The average molecular weight is 312 g/mol. The number of hydrogen-bond acceptors (Lipinski definition) is 5. The van der Waals surface area contributed by atoms with E-state index in [0.29, 0.717) is 0 Å². The summed E-state index contributed by atoms with van der Waals surface area (Å²) in [5.74, 6) is 2.57. The summed E-state index contributed by atoms with van der Waals surface area (Å²) in [6, 6.07) is 6.19. The summed E-state index contributed by atoms with van der Waals surface area (Å²) >= 11 is 1.69. The molecule has 4 heterocycles. The highest BCUT2D eigenvalue weighted by Gasteiger charge is 2.36. The van der Waals surface area contributed by atoms with E-state index in [4.69, 9.17) is 4.52 Å². The van der Waals surface area contributed by atoms with Crippen molar-refractivity contribution in [1.82, 2.24) is 15.4 Å². The van der Waals surface area contributed by atoms with Gasteiger partial charge in [-0.05, 0) is 36.4 Å². The van der Waals surface area contributed by atoms with Gasteiger partial charge in [0.2, 0.25) is 0 Å². The normalized spacial score (nSPS) is 25.6. The van der Waals surface area contributed by atoms with Gasteiger partial charge in [0.25, 0.3) is 0 Å². The number of hydrogen-bond donors (Lipinski definition) is 1. The molecule has 4 rings (SSSR count). The molecule has 0 bridgehead atoms. The maximum Gasteiger partial charge on any atom is 0.177 e. The minimum absolute atomic E-state index is 0. The van der Waals surface area contributed by atoms with Crippen molar-refractivity contribution in [2.75, 3.05) is 26.2 Å². The summed E-state index contributed by atoms with van der Waals surface area (Å²) in [5, 5.41) is 9.74. The number of fused-ring (bicyclic) bond motifs is 1. The molecule has 0 amide bonds. The fourth-order valence-corrected chi connectivity index (χ4v) is 3.91. The summed E-state index contributed by atoms with van der Waals surface area (Å²) in [6.45, 7) is 5.67. The first kappa shape index (κ1) is 14.1. The van der Waals surface area contributed by atoms with E-state index < -0.39 is 0 Å². The van der Waals surface area contributed by atoms with Crippen LogP contribution in [-0.2, 0) is 6.54 Å². The maximum atomic E-state index is 5.43. The van der Waals surface area contributed by atoms with Crippen LogP contribution in [0.15, 0.2) is 28.1 Å². The highest BCUT2D eigenvalue weighted by atomic mass is 35.5. The van der Waals surface area contributed by atoms with Crippen LogP contribution in [0, 0.1) is 11.8 Å². The molecule has 2 aliphatic heterocycles. The number of halogens is 1. The molecule has 2 aliphatic rings. The van der Waals surface area contributed by atoms with E-state index in [1.165, 1.54) is 26.2 Å². The predicted molar refractivity (Wildman–Crippen MR) is 82.2 cm³/mol. The molecule has 0 saturated carbocycles. The maximum absolute atomic E-state index is 5.43. The average Bonchev–Trinajstić information content (AvgIpc) is 3.12. The van der Waals surface area contributed by atoms with Crippen molar-refractivity contribution in [3.05, 3.63) is 29.3 Å². The second-order valence-electron chi connectivity index (χ2n) is 5.53. The lowest BCUT2D eigenvalue weighted by Crippen LogP contribution is -2.25. The lowest BCUT2D eigenvalue weighted by molar-refractivity contribution is 0.293. The lowest BCUT2D eigenvalue weighted by Gasteiger charge is -2.14. The van der Waals surface area contributed by atoms with Gasteiger partial charge in [-0.1, -0.05) is 11.2 Å². The van der Waals surface area contributed by atoms with Crippen LogP contribution in [0.3, 0.4) is 0 Å². The second-order valence-corrected chi connectivity index (χ2v) is 6.48. The zero-order valence-corrected chi connectivity index (χ0v) is 12.8. The summed E-state index contributed by atoms with van der Waals surface area (Å²) in [5.41, 5.74) is 1.05. The first-order valence-electron chi connectivity index (χ1n) is 6.81. The highest BCUT2D eigenvalue weighted by molar-refractivity contribution is 7.13. The standard InChI is InChI=1S/C14H17N3OS.ClH/c1-2-14(19-3-1)13-4-12(16-18-13)9-17-7-10-5-15-6-11(10)8-17;/h1-4,10-11,15H,5-9H2;1H/t10-,11+;. The Morgan fingerprint density at radius 2 is 2.15 bits per heavy atom.